The Hall–Kier alpha value is -3.35. The number of alkyl halides is 3. The number of piperazine rings is 1. The van der Waals surface area contributed by atoms with Gasteiger partial charge in [0.05, 0.1) is 12.2 Å². The topological polar surface area (TPSA) is 112 Å². The standard InChI is InChI=1S/C24H31F3N6O4/c1-14(2)12-32-21-17(6-7-18(34)31-10-8-30(9-11-31)13-24(25,26)27)15(3)29-33(21)23(37)19(22(32)36)20(35)28-16-4-5-16/h6-7,14,16,37H,4-5,8-13H2,1-3H3,(H,28,35)/b7-6+. The van der Waals surface area contributed by atoms with Crippen molar-refractivity contribution in [1.82, 2.24) is 29.3 Å². The summed E-state index contributed by atoms with van der Waals surface area (Å²) in [5.41, 5.74) is 0.0531. The minimum absolute atomic E-state index is 0.0141. The first-order chi connectivity index (χ1) is 17.4. The van der Waals surface area contributed by atoms with Crippen molar-refractivity contribution >= 4 is 23.5 Å². The van der Waals surface area contributed by atoms with Gasteiger partial charge in [0.25, 0.3) is 11.5 Å². The number of hydrogen-bond acceptors (Lipinski definition) is 6. The lowest BCUT2D eigenvalue weighted by Crippen LogP contribution is -2.50. The Morgan fingerprint density at radius 2 is 1.84 bits per heavy atom. The second-order valence-electron chi connectivity index (χ2n) is 10.0. The number of halogens is 3. The lowest BCUT2D eigenvalue weighted by molar-refractivity contribution is -0.150. The van der Waals surface area contributed by atoms with Crippen LogP contribution in [0, 0.1) is 12.8 Å². The molecule has 13 heteroatoms. The zero-order chi connectivity index (χ0) is 27.1. The fourth-order valence-corrected chi connectivity index (χ4v) is 4.42. The number of carbonyl (C=O) groups excluding carboxylic acids is 2. The highest BCUT2D eigenvalue weighted by molar-refractivity contribution is 5.97. The molecule has 0 spiro atoms. The van der Waals surface area contributed by atoms with Crippen LogP contribution in [-0.2, 0) is 11.3 Å². The maximum absolute atomic E-state index is 13.4. The van der Waals surface area contributed by atoms with Gasteiger partial charge in [-0.3, -0.25) is 23.9 Å². The SMILES string of the molecule is Cc1nn2c(O)c(C(=O)NC3CC3)c(=O)n(CC(C)C)c2c1/C=C/C(=O)N1CCN(CC(F)(F)F)CC1. The summed E-state index contributed by atoms with van der Waals surface area (Å²) in [7, 11) is 0. The van der Waals surface area contributed by atoms with Crippen molar-refractivity contribution in [3.8, 4) is 5.88 Å². The van der Waals surface area contributed by atoms with E-state index < -0.39 is 30.1 Å². The minimum Gasteiger partial charge on any atom is -0.492 e. The van der Waals surface area contributed by atoms with Crippen molar-refractivity contribution in [2.24, 2.45) is 5.92 Å². The Balaban J connectivity index is 1.64. The van der Waals surface area contributed by atoms with E-state index in [2.05, 4.69) is 10.4 Å². The average Bonchev–Trinajstić information content (AvgIpc) is 3.55. The van der Waals surface area contributed by atoms with Crippen molar-refractivity contribution in [2.45, 2.75) is 52.4 Å². The maximum atomic E-state index is 13.4. The summed E-state index contributed by atoms with van der Waals surface area (Å²) in [6, 6.07) is -0.0141. The van der Waals surface area contributed by atoms with Crippen LogP contribution in [0.3, 0.4) is 0 Å². The molecule has 3 heterocycles. The van der Waals surface area contributed by atoms with E-state index in [9.17, 15) is 32.7 Å². The number of fused-ring (bicyclic) bond motifs is 1. The monoisotopic (exact) mass is 524 g/mol. The number of hydrogen-bond donors (Lipinski definition) is 2. The Kier molecular flexibility index (Phi) is 7.36. The van der Waals surface area contributed by atoms with Crippen LogP contribution in [0.2, 0.25) is 0 Å². The number of nitrogens with zero attached hydrogens (tertiary/aromatic N) is 5. The summed E-state index contributed by atoms with van der Waals surface area (Å²) in [6.45, 7) is 5.24. The van der Waals surface area contributed by atoms with Crippen LogP contribution in [0.15, 0.2) is 10.9 Å². The first kappa shape index (κ1) is 26.7. The van der Waals surface area contributed by atoms with Gasteiger partial charge in [0.2, 0.25) is 11.8 Å². The molecule has 4 rings (SSSR count). The molecule has 2 aliphatic rings. The molecule has 0 atom stereocenters. The van der Waals surface area contributed by atoms with Crippen molar-refractivity contribution in [2.75, 3.05) is 32.7 Å². The van der Waals surface area contributed by atoms with Crippen LogP contribution in [0.5, 0.6) is 5.88 Å². The van der Waals surface area contributed by atoms with Gasteiger partial charge in [-0.05, 0) is 31.8 Å². The lowest BCUT2D eigenvalue weighted by atomic mass is 10.1. The first-order valence-corrected chi connectivity index (χ1v) is 12.3. The van der Waals surface area contributed by atoms with E-state index in [1.54, 1.807) is 6.92 Å². The van der Waals surface area contributed by atoms with Gasteiger partial charge in [0.1, 0.15) is 5.65 Å². The number of aromatic hydroxyl groups is 1. The molecule has 0 aromatic carbocycles. The second kappa shape index (κ2) is 10.2. The van der Waals surface area contributed by atoms with Crippen LogP contribution in [0.1, 0.15) is 48.3 Å². The van der Waals surface area contributed by atoms with Crippen LogP contribution in [-0.4, -0.2) is 85.8 Å². The van der Waals surface area contributed by atoms with Gasteiger partial charge < -0.3 is 15.3 Å². The number of amides is 2. The van der Waals surface area contributed by atoms with Crippen molar-refractivity contribution in [3.05, 3.63) is 33.3 Å². The van der Waals surface area contributed by atoms with Gasteiger partial charge in [-0.15, -0.1) is 0 Å². The molecule has 37 heavy (non-hydrogen) atoms. The minimum atomic E-state index is -4.29. The summed E-state index contributed by atoms with van der Waals surface area (Å²) < 4.78 is 40.4. The summed E-state index contributed by atoms with van der Waals surface area (Å²) in [6.07, 6.45) is 0.120. The molecule has 2 aromatic rings. The van der Waals surface area contributed by atoms with Gasteiger partial charge in [0.15, 0.2) is 5.56 Å². The van der Waals surface area contributed by atoms with Crippen LogP contribution >= 0.6 is 0 Å². The number of rotatable bonds is 7. The van der Waals surface area contributed by atoms with E-state index in [-0.39, 0.29) is 61.8 Å². The molecule has 1 aliphatic carbocycles. The normalized spacial score (nSPS) is 17.3. The van der Waals surface area contributed by atoms with Crippen LogP contribution < -0.4 is 10.9 Å². The van der Waals surface area contributed by atoms with Gasteiger partial charge in [-0.2, -0.15) is 22.8 Å². The van der Waals surface area contributed by atoms with E-state index in [0.717, 1.165) is 17.4 Å². The van der Waals surface area contributed by atoms with E-state index in [4.69, 9.17) is 0 Å². The van der Waals surface area contributed by atoms with E-state index in [1.807, 2.05) is 13.8 Å². The second-order valence-corrected chi connectivity index (χ2v) is 10.0. The molecule has 2 aromatic heterocycles. The van der Waals surface area contributed by atoms with E-state index in [1.165, 1.54) is 26.5 Å². The molecule has 0 unspecified atom stereocenters. The molecular weight excluding hydrogens is 493 g/mol. The van der Waals surface area contributed by atoms with Crippen LogP contribution in [0.4, 0.5) is 13.2 Å². The molecular formula is C24H31F3N6O4. The zero-order valence-corrected chi connectivity index (χ0v) is 21.0. The summed E-state index contributed by atoms with van der Waals surface area (Å²) in [5, 5.41) is 17.9. The molecule has 0 bridgehead atoms. The Morgan fingerprint density at radius 1 is 1.19 bits per heavy atom. The lowest BCUT2D eigenvalue weighted by Gasteiger charge is -2.34. The highest BCUT2D eigenvalue weighted by Crippen LogP contribution is 2.25. The fourth-order valence-electron chi connectivity index (χ4n) is 4.42. The molecule has 1 saturated heterocycles. The van der Waals surface area contributed by atoms with Gasteiger partial charge in [-0.1, -0.05) is 13.8 Å². The quantitative estimate of drug-likeness (QED) is 0.534. The molecule has 10 nitrogen and oxygen atoms in total. The Morgan fingerprint density at radius 3 is 2.41 bits per heavy atom. The van der Waals surface area contributed by atoms with Crippen molar-refractivity contribution in [3.63, 3.8) is 0 Å². The Bertz CT molecular complexity index is 1280. The van der Waals surface area contributed by atoms with Gasteiger partial charge in [-0.25, -0.2) is 0 Å². The highest BCUT2D eigenvalue weighted by Gasteiger charge is 2.33. The average molecular weight is 525 g/mol. The number of carbonyl (C=O) groups is 2. The predicted molar refractivity (Wildman–Crippen MR) is 129 cm³/mol. The highest BCUT2D eigenvalue weighted by atomic mass is 19.4. The van der Waals surface area contributed by atoms with Gasteiger partial charge in [0, 0.05) is 50.4 Å². The molecule has 2 fully saturated rings. The van der Waals surface area contributed by atoms with E-state index in [0.29, 0.717) is 11.3 Å². The number of nitrogens with one attached hydrogen (secondary N) is 1. The van der Waals surface area contributed by atoms with Crippen molar-refractivity contribution < 1.29 is 27.9 Å². The number of aryl methyl sites for hydroxylation is 1. The summed E-state index contributed by atoms with van der Waals surface area (Å²) in [4.78, 5) is 41.6. The third-order valence-electron chi connectivity index (χ3n) is 6.39. The maximum Gasteiger partial charge on any atom is 0.401 e. The predicted octanol–water partition coefficient (Wildman–Crippen LogP) is 1.78. The molecule has 2 amide bonds. The largest absolute Gasteiger partial charge is 0.492 e. The number of aromatic nitrogens is 3. The molecule has 2 N–H and O–H groups in total. The van der Waals surface area contributed by atoms with Crippen molar-refractivity contribution in [1.29, 1.82) is 0 Å². The molecule has 0 radical (unpaired) electrons. The summed E-state index contributed by atoms with van der Waals surface area (Å²) in [5.74, 6) is -1.60. The fraction of sp³-hybridized carbons (Fsp3) is 0.583. The van der Waals surface area contributed by atoms with Crippen LogP contribution in [0.25, 0.3) is 11.7 Å². The molecule has 202 valence electrons. The smallest absolute Gasteiger partial charge is 0.401 e. The summed E-state index contributed by atoms with van der Waals surface area (Å²) >= 11 is 0. The zero-order valence-electron chi connectivity index (χ0n) is 21.0. The van der Waals surface area contributed by atoms with Gasteiger partial charge >= 0.3 is 6.18 Å². The Labute approximate surface area is 211 Å². The first-order valence-electron chi connectivity index (χ1n) is 12.3. The third-order valence-corrected chi connectivity index (χ3v) is 6.39. The molecule has 1 saturated carbocycles. The third kappa shape index (κ3) is 5.97. The van der Waals surface area contributed by atoms with E-state index >= 15 is 0 Å². The molecule has 1 aliphatic heterocycles.